The lowest BCUT2D eigenvalue weighted by Crippen LogP contribution is -2.35. The van der Waals surface area contributed by atoms with E-state index in [1.807, 2.05) is 12.1 Å². The summed E-state index contributed by atoms with van der Waals surface area (Å²) in [5, 5.41) is 10.1. The molecule has 2 unspecified atom stereocenters. The average Bonchev–Trinajstić information content (AvgIpc) is 3.09. The van der Waals surface area contributed by atoms with Gasteiger partial charge in [-0.05, 0) is 63.1 Å². The van der Waals surface area contributed by atoms with E-state index >= 15 is 0 Å². The number of carbonyl (C=O) groups is 2. The van der Waals surface area contributed by atoms with Crippen molar-refractivity contribution in [2.45, 2.75) is 75.9 Å². The maximum Gasteiger partial charge on any atom is 0.389 e. The summed E-state index contributed by atoms with van der Waals surface area (Å²) in [4.78, 5) is 25.7. The molecule has 1 aromatic rings. The normalized spacial score (nSPS) is 17.6. The van der Waals surface area contributed by atoms with Crippen molar-refractivity contribution in [3.05, 3.63) is 35.4 Å². The minimum Gasteiger partial charge on any atom is -0.462 e. The van der Waals surface area contributed by atoms with Crippen molar-refractivity contribution in [2.75, 3.05) is 18.9 Å². The second-order valence-electron chi connectivity index (χ2n) is 7.97. The molecule has 1 aliphatic rings. The number of nitrogens with zero attached hydrogens (tertiary/aromatic N) is 1. The lowest BCUT2D eigenvalue weighted by molar-refractivity contribution is -0.136. The highest BCUT2D eigenvalue weighted by molar-refractivity contribution is 8.00. The summed E-state index contributed by atoms with van der Waals surface area (Å²) in [7, 11) is 0. The van der Waals surface area contributed by atoms with Gasteiger partial charge in [0.1, 0.15) is 0 Å². The number of halogens is 3. The lowest BCUT2D eigenvalue weighted by atomic mass is 10.1. The van der Waals surface area contributed by atoms with E-state index in [4.69, 9.17) is 4.74 Å². The van der Waals surface area contributed by atoms with Crippen LogP contribution in [-0.4, -0.2) is 58.4 Å². The highest BCUT2D eigenvalue weighted by Crippen LogP contribution is 2.29. The Morgan fingerprint density at radius 2 is 1.94 bits per heavy atom. The van der Waals surface area contributed by atoms with Gasteiger partial charge in [-0.25, -0.2) is 4.79 Å². The number of hydrogen-bond donors (Lipinski definition) is 1. The fraction of sp³-hybridized carbons (Fsp3) is 0.652. The van der Waals surface area contributed by atoms with Crippen molar-refractivity contribution in [2.24, 2.45) is 0 Å². The molecule has 1 fully saturated rings. The number of unbranched alkanes of at least 4 members (excludes halogenated alkanes) is 1. The molecule has 0 bridgehead atoms. The van der Waals surface area contributed by atoms with Gasteiger partial charge in [-0.3, -0.25) is 4.79 Å². The van der Waals surface area contributed by atoms with Gasteiger partial charge in [-0.2, -0.15) is 13.2 Å². The number of aliphatic hydroxyl groups is 1. The van der Waals surface area contributed by atoms with Gasteiger partial charge in [-0.15, -0.1) is 11.8 Å². The first-order valence-electron chi connectivity index (χ1n) is 11.1. The number of rotatable bonds is 13. The maximum atomic E-state index is 12.2. The summed E-state index contributed by atoms with van der Waals surface area (Å²) >= 11 is 1.59. The quantitative estimate of drug-likeness (QED) is 0.323. The van der Waals surface area contributed by atoms with E-state index in [1.165, 1.54) is 0 Å². The summed E-state index contributed by atoms with van der Waals surface area (Å²) < 4.78 is 41.5. The monoisotopic (exact) mass is 475 g/mol. The summed E-state index contributed by atoms with van der Waals surface area (Å²) in [5.41, 5.74) is 1.63. The van der Waals surface area contributed by atoms with E-state index < -0.39 is 18.7 Å². The molecule has 180 valence electrons. The van der Waals surface area contributed by atoms with Crippen LogP contribution in [0.4, 0.5) is 13.2 Å². The van der Waals surface area contributed by atoms with Gasteiger partial charge in [0, 0.05) is 13.0 Å². The number of alkyl halides is 3. The zero-order chi connectivity index (χ0) is 23.6. The number of hydrogen-bond acceptors (Lipinski definition) is 5. The van der Waals surface area contributed by atoms with E-state index in [2.05, 4.69) is 0 Å². The molecule has 0 spiro atoms. The Balaban J connectivity index is 1.70. The zero-order valence-corrected chi connectivity index (χ0v) is 19.2. The van der Waals surface area contributed by atoms with E-state index in [-0.39, 0.29) is 23.7 Å². The molecule has 1 N–H and O–H groups in total. The van der Waals surface area contributed by atoms with Crippen LogP contribution >= 0.6 is 11.8 Å². The van der Waals surface area contributed by atoms with Crippen LogP contribution < -0.4 is 0 Å². The predicted molar refractivity (Wildman–Crippen MR) is 118 cm³/mol. The Hall–Kier alpha value is -1.74. The molecule has 0 aromatic heterocycles. The fourth-order valence-corrected chi connectivity index (χ4v) is 4.89. The van der Waals surface area contributed by atoms with Crippen molar-refractivity contribution in [3.8, 4) is 0 Å². The number of thioether (sulfide) groups is 1. The number of benzene rings is 1. The Morgan fingerprint density at radius 3 is 2.59 bits per heavy atom. The summed E-state index contributed by atoms with van der Waals surface area (Å²) in [6.07, 6.45) is -2.12. The molecule has 0 aliphatic carbocycles. The van der Waals surface area contributed by atoms with Crippen LogP contribution in [-0.2, 0) is 16.0 Å². The highest BCUT2D eigenvalue weighted by Gasteiger charge is 2.31. The number of amides is 1. The van der Waals surface area contributed by atoms with Crippen LogP contribution in [0.1, 0.15) is 67.8 Å². The number of ether oxygens (including phenoxy) is 1. The Labute approximate surface area is 191 Å². The molecule has 2 rings (SSSR count). The zero-order valence-electron chi connectivity index (χ0n) is 18.4. The third-order valence-electron chi connectivity index (χ3n) is 5.40. The minimum atomic E-state index is -4.15. The van der Waals surface area contributed by atoms with E-state index in [0.717, 1.165) is 24.8 Å². The first-order valence-corrected chi connectivity index (χ1v) is 12.2. The van der Waals surface area contributed by atoms with Crippen molar-refractivity contribution >= 4 is 23.6 Å². The molecule has 0 saturated carbocycles. The van der Waals surface area contributed by atoms with Gasteiger partial charge < -0.3 is 14.7 Å². The summed E-state index contributed by atoms with van der Waals surface area (Å²) in [5.74, 6) is 0.127. The fourth-order valence-electron chi connectivity index (χ4n) is 3.65. The summed E-state index contributed by atoms with van der Waals surface area (Å²) in [6, 6.07) is 7.32. The van der Waals surface area contributed by atoms with Gasteiger partial charge in [0.05, 0.1) is 29.4 Å². The smallest absolute Gasteiger partial charge is 0.389 e. The van der Waals surface area contributed by atoms with E-state index in [9.17, 15) is 27.9 Å². The van der Waals surface area contributed by atoms with Crippen LogP contribution in [0, 0.1) is 0 Å². The first kappa shape index (κ1) is 26.5. The largest absolute Gasteiger partial charge is 0.462 e. The van der Waals surface area contributed by atoms with Crippen molar-refractivity contribution in [3.63, 3.8) is 0 Å². The Kier molecular flexibility index (Phi) is 10.8. The average molecular weight is 476 g/mol. The molecule has 1 aromatic carbocycles. The SMILES string of the molecule is CCOC(=O)c1ccc(CCCC2SCC(=O)N2CCC(O)CCCCC(F)(F)F)cc1. The molecule has 1 amide bonds. The molecule has 1 heterocycles. The molecule has 32 heavy (non-hydrogen) atoms. The van der Waals surface area contributed by atoms with Crippen molar-refractivity contribution < 1.29 is 32.6 Å². The Morgan fingerprint density at radius 1 is 1.22 bits per heavy atom. The van der Waals surface area contributed by atoms with Crippen LogP contribution in [0.5, 0.6) is 0 Å². The summed E-state index contributed by atoms with van der Waals surface area (Å²) in [6.45, 7) is 2.52. The van der Waals surface area contributed by atoms with Gasteiger partial charge in [-0.1, -0.05) is 18.6 Å². The van der Waals surface area contributed by atoms with Crippen LogP contribution in [0.15, 0.2) is 24.3 Å². The first-order chi connectivity index (χ1) is 15.2. The number of aliphatic hydroxyl groups excluding tert-OH is 1. The van der Waals surface area contributed by atoms with Crippen LogP contribution in [0.2, 0.25) is 0 Å². The molecule has 9 heteroatoms. The molecule has 1 aliphatic heterocycles. The molecule has 0 radical (unpaired) electrons. The van der Waals surface area contributed by atoms with Gasteiger partial charge in [0.2, 0.25) is 5.91 Å². The van der Waals surface area contributed by atoms with Crippen LogP contribution in [0.3, 0.4) is 0 Å². The minimum absolute atomic E-state index is 0.0163. The lowest BCUT2D eigenvalue weighted by Gasteiger charge is -2.25. The van der Waals surface area contributed by atoms with Crippen LogP contribution in [0.25, 0.3) is 0 Å². The molecule has 1 saturated heterocycles. The topological polar surface area (TPSA) is 66.8 Å². The molecular formula is C23H32F3NO4S. The third kappa shape index (κ3) is 9.40. The van der Waals surface area contributed by atoms with E-state index in [1.54, 1.807) is 35.7 Å². The van der Waals surface area contributed by atoms with E-state index in [0.29, 0.717) is 43.7 Å². The predicted octanol–water partition coefficient (Wildman–Crippen LogP) is 4.96. The maximum absolute atomic E-state index is 12.2. The van der Waals surface area contributed by atoms with Gasteiger partial charge in [0.15, 0.2) is 0 Å². The Bertz CT molecular complexity index is 727. The molecule has 5 nitrogen and oxygen atoms in total. The molecule has 2 atom stereocenters. The number of esters is 1. The third-order valence-corrected chi connectivity index (χ3v) is 6.69. The van der Waals surface area contributed by atoms with Gasteiger partial charge >= 0.3 is 12.1 Å². The number of carbonyl (C=O) groups excluding carboxylic acids is 2. The van der Waals surface area contributed by atoms with Crippen molar-refractivity contribution in [1.29, 1.82) is 0 Å². The van der Waals surface area contributed by atoms with Crippen molar-refractivity contribution in [1.82, 2.24) is 4.90 Å². The standard InChI is InChI=1S/C23H32F3NO4S/c1-2-31-22(30)18-11-9-17(10-12-18)6-5-8-21-27(20(29)16-32-21)15-13-19(28)7-3-4-14-23(24,25)26/h9-12,19,21,28H,2-8,13-16H2,1H3. The molecular weight excluding hydrogens is 443 g/mol. The number of aryl methyl sites for hydroxylation is 1. The second-order valence-corrected chi connectivity index (χ2v) is 9.13. The second kappa shape index (κ2) is 13.1. The van der Waals surface area contributed by atoms with Gasteiger partial charge in [0.25, 0.3) is 0 Å². The highest BCUT2D eigenvalue weighted by atomic mass is 32.2.